The predicted molar refractivity (Wildman–Crippen MR) is 71.1 cm³/mol. The maximum absolute atomic E-state index is 5.88. The number of benzene rings is 1. The van der Waals surface area contributed by atoms with Crippen molar-refractivity contribution in [2.24, 2.45) is 5.92 Å². The summed E-state index contributed by atoms with van der Waals surface area (Å²) in [6.07, 6.45) is 0.982. The molecule has 1 fully saturated rings. The summed E-state index contributed by atoms with van der Waals surface area (Å²) >= 11 is 0. The predicted octanol–water partition coefficient (Wildman–Crippen LogP) is 2.33. The number of likely N-dealkylation sites (tertiary alicyclic amines) is 1. The van der Waals surface area contributed by atoms with E-state index in [1.165, 1.54) is 5.56 Å². The molecule has 18 heavy (non-hydrogen) atoms. The van der Waals surface area contributed by atoms with E-state index >= 15 is 0 Å². The summed E-state index contributed by atoms with van der Waals surface area (Å²) in [7, 11) is 1.69. The van der Waals surface area contributed by atoms with Crippen molar-refractivity contribution >= 4 is 0 Å². The Morgan fingerprint density at radius 3 is 3.11 bits per heavy atom. The molecule has 0 aromatic heterocycles. The number of rotatable bonds is 3. The number of hydrogen-bond acceptors (Lipinski definition) is 3. The second-order valence-electron chi connectivity index (χ2n) is 5.19. The maximum atomic E-state index is 5.88. The Balaban J connectivity index is 1.84. The molecule has 0 N–H and O–H groups in total. The van der Waals surface area contributed by atoms with E-state index < -0.39 is 0 Å². The van der Waals surface area contributed by atoms with Crippen LogP contribution in [-0.4, -0.2) is 38.3 Å². The Morgan fingerprint density at radius 1 is 1.44 bits per heavy atom. The molecular weight excluding hydrogens is 226 g/mol. The highest BCUT2D eigenvalue weighted by molar-refractivity contribution is 5.45. The van der Waals surface area contributed by atoms with Crippen LogP contribution in [0.3, 0.4) is 0 Å². The molecule has 0 spiro atoms. The first-order valence-corrected chi connectivity index (χ1v) is 6.64. The third kappa shape index (κ3) is 1.97. The standard InChI is InChI=1S/C15H20NO2/c1-3-6-16-8-11-10-18-15-7-12(17-2)4-5-13(15)14(11)9-16/h4-5,7,11,14H,1,3,6,8-10H2,2H3/t11-,14-/m1/s1. The summed E-state index contributed by atoms with van der Waals surface area (Å²) < 4.78 is 11.1. The number of fused-ring (bicyclic) bond motifs is 3. The molecule has 2 aliphatic heterocycles. The SMILES string of the molecule is [CH2]CCN1C[C@@H]2COc3cc(OC)ccc3[C@@H]2C1. The van der Waals surface area contributed by atoms with Crippen LogP contribution >= 0.6 is 0 Å². The van der Waals surface area contributed by atoms with Gasteiger partial charge in [0.05, 0.1) is 13.7 Å². The van der Waals surface area contributed by atoms with Crippen LogP contribution in [0, 0.1) is 12.8 Å². The van der Waals surface area contributed by atoms with E-state index in [4.69, 9.17) is 9.47 Å². The average molecular weight is 246 g/mol. The van der Waals surface area contributed by atoms with E-state index in [-0.39, 0.29) is 0 Å². The molecule has 0 bridgehead atoms. The van der Waals surface area contributed by atoms with E-state index in [9.17, 15) is 0 Å². The van der Waals surface area contributed by atoms with Gasteiger partial charge < -0.3 is 14.4 Å². The highest BCUT2D eigenvalue weighted by Gasteiger charge is 2.38. The highest BCUT2D eigenvalue weighted by Crippen LogP contribution is 2.42. The summed E-state index contributed by atoms with van der Waals surface area (Å²) in [6.45, 7) is 8.16. The molecule has 2 atom stereocenters. The van der Waals surface area contributed by atoms with Crippen LogP contribution in [0.2, 0.25) is 0 Å². The van der Waals surface area contributed by atoms with Gasteiger partial charge in [-0.15, -0.1) is 0 Å². The van der Waals surface area contributed by atoms with Crippen molar-refractivity contribution in [1.29, 1.82) is 0 Å². The second-order valence-corrected chi connectivity index (χ2v) is 5.19. The lowest BCUT2D eigenvalue weighted by Gasteiger charge is -2.28. The largest absolute Gasteiger partial charge is 0.497 e. The van der Waals surface area contributed by atoms with Crippen molar-refractivity contribution in [2.45, 2.75) is 12.3 Å². The van der Waals surface area contributed by atoms with Crippen LogP contribution in [0.5, 0.6) is 11.5 Å². The molecule has 2 aliphatic rings. The molecule has 3 rings (SSSR count). The van der Waals surface area contributed by atoms with Crippen molar-refractivity contribution in [3.8, 4) is 11.5 Å². The van der Waals surface area contributed by atoms with Crippen LogP contribution < -0.4 is 9.47 Å². The first-order valence-electron chi connectivity index (χ1n) is 6.64. The van der Waals surface area contributed by atoms with Crippen molar-refractivity contribution in [2.75, 3.05) is 33.4 Å². The van der Waals surface area contributed by atoms with E-state index in [1.807, 2.05) is 12.1 Å². The molecule has 1 radical (unpaired) electrons. The normalized spacial score (nSPS) is 26.3. The first-order chi connectivity index (χ1) is 8.81. The van der Waals surface area contributed by atoms with Gasteiger partial charge in [0.2, 0.25) is 0 Å². The Bertz CT molecular complexity index is 433. The zero-order chi connectivity index (χ0) is 12.5. The van der Waals surface area contributed by atoms with Crippen LogP contribution in [0.15, 0.2) is 18.2 Å². The van der Waals surface area contributed by atoms with Crippen molar-refractivity contribution in [3.05, 3.63) is 30.7 Å². The van der Waals surface area contributed by atoms with Gasteiger partial charge in [-0.2, -0.15) is 0 Å². The minimum atomic E-state index is 0.617. The molecule has 1 aromatic carbocycles. The maximum Gasteiger partial charge on any atom is 0.126 e. The molecular formula is C15H20NO2. The number of hydrogen-bond donors (Lipinski definition) is 0. The Labute approximate surface area is 109 Å². The van der Waals surface area contributed by atoms with Gasteiger partial charge in [0, 0.05) is 31.0 Å². The molecule has 0 unspecified atom stereocenters. The molecule has 1 aromatic rings. The van der Waals surface area contributed by atoms with Gasteiger partial charge >= 0.3 is 0 Å². The number of methoxy groups -OCH3 is 1. The molecule has 0 saturated carbocycles. The zero-order valence-electron chi connectivity index (χ0n) is 10.9. The van der Waals surface area contributed by atoms with Gasteiger partial charge in [-0.3, -0.25) is 0 Å². The van der Waals surface area contributed by atoms with Crippen molar-refractivity contribution in [1.82, 2.24) is 4.90 Å². The second kappa shape index (κ2) is 4.81. The van der Waals surface area contributed by atoms with Crippen LogP contribution in [0.4, 0.5) is 0 Å². The van der Waals surface area contributed by atoms with Gasteiger partial charge in [-0.25, -0.2) is 0 Å². The highest BCUT2D eigenvalue weighted by atomic mass is 16.5. The molecule has 2 heterocycles. The van der Waals surface area contributed by atoms with E-state index in [0.717, 1.165) is 44.2 Å². The third-order valence-corrected chi connectivity index (χ3v) is 4.06. The summed E-state index contributed by atoms with van der Waals surface area (Å²) in [5.74, 6) is 3.13. The van der Waals surface area contributed by atoms with Gasteiger partial charge in [0.1, 0.15) is 11.5 Å². The lowest BCUT2D eigenvalue weighted by Crippen LogP contribution is -2.25. The summed E-state index contributed by atoms with van der Waals surface area (Å²) in [5, 5.41) is 0. The van der Waals surface area contributed by atoms with Crippen molar-refractivity contribution in [3.63, 3.8) is 0 Å². The van der Waals surface area contributed by atoms with E-state index in [0.29, 0.717) is 11.8 Å². The van der Waals surface area contributed by atoms with Gasteiger partial charge in [-0.05, 0) is 24.6 Å². The van der Waals surface area contributed by atoms with E-state index in [1.54, 1.807) is 7.11 Å². The fourth-order valence-electron chi connectivity index (χ4n) is 3.16. The minimum absolute atomic E-state index is 0.617. The number of nitrogens with zero attached hydrogens (tertiary/aromatic N) is 1. The Morgan fingerprint density at radius 2 is 2.33 bits per heavy atom. The summed E-state index contributed by atoms with van der Waals surface area (Å²) in [4.78, 5) is 2.50. The number of ether oxygens (including phenoxy) is 2. The van der Waals surface area contributed by atoms with Gasteiger partial charge in [-0.1, -0.05) is 13.0 Å². The van der Waals surface area contributed by atoms with Crippen molar-refractivity contribution < 1.29 is 9.47 Å². The van der Waals surface area contributed by atoms with Crippen LogP contribution in [0.25, 0.3) is 0 Å². The lowest BCUT2D eigenvalue weighted by atomic mass is 9.87. The quantitative estimate of drug-likeness (QED) is 0.817. The van der Waals surface area contributed by atoms with Gasteiger partial charge in [0.15, 0.2) is 0 Å². The summed E-state index contributed by atoms with van der Waals surface area (Å²) in [6, 6.07) is 6.21. The van der Waals surface area contributed by atoms with Gasteiger partial charge in [0.25, 0.3) is 0 Å². The lowest BCUT2D eigenvalue weighted by molar-refractivity contribution is 0.212. The molecule has 1 saturated heterocycles. The van der Waals surface area contributed by atoms with E-state index in [2.05, 4.69) is 17.9 Å². The molecule has 97 valence electrons. The van der Waals surface area contributed by atoms with Crippen LogP contribution in [0.1, 0.15) is 17.9 Å². The summed E-state index contributed by atoms with van der Waals surface area (Å²) in [5.41, 5.74) is 1.35. The molecule has 0 aliphatic carbocycles. The Hall–Kier alpha value is -1.22. The fourth-order valence-corrected chi connectivity index (χ4v) is 3.16. The zero-order valence-corrected chi connectivity index (χ0v) is 10.9. The Kier molecular flexibility index (Phi) is 3.16. The molecule has 3 heteroatoms. The molecule has 3 nitrogen and oxygen atoms in total. The third-order valence-electron chi connectivity index (χ3n) is 4.06. The average Bonchev–Trinajstić information content (AvgIpc) is 2.81. The minimum Gasteiger partial charge on any atom is -0.497 e. The fraction of sp³-hybridized carbons (Fsp3) is 0.533. The topological polar surface area (TPSA) is 21.7 Å². The first kappa shape index (κ1) is 11.8. The molecule has 0 amide bonds. The monoisotopic (exact) mass is 246 g/mol. The smallest absolute Gasteiger partial charge is 0.126 e. The van der Waals surface area contributed by atoms with Crippen LogP contribution in [-0.2, 0) is 0 Å².